The van der Waals surface area contributed by atoms with Gasteiger partial charge in [-0.05, 0) is 48.6 Å². The summed E-state index contributed by atoms with van der Waals surface area (Å²) in [4.78, 5) is 16.9. The van der Waals surface area contributed by atoms with Gasteiger partial charge in [0.15, 0.2) is 5.11 Å². The number of rotatable bonds is 3. The Morgan fingerprint density at radius 2 is 1.75 bits per heavy atom. The van der Waals surface area contributed by atoms with Crippen LogP contribution in [0.15, 0.2) is 72.8 Å². The molecular formula is C21H14ClN3OS2. The van der Waals surface area contributed by atoms with Crippen molar-refractivity contribution in [2.24, 2.45) is 0 Å². The number of fused-ring (bicyclic) bond motifs is 1. The lowest BCUT2D eigenvalue weighted by molar-refractivity contribution is 0.0977. The number of benzene rings is 3. The molecule has 3 aromatic carbocycles. The quantitative estimate of drug-likeness (QED) is 0.412. The Bertz CT molecular complexity index is 1140. The van der Waals surface area contributed by atoms with Crippen LogP contribution in [0.3, 0.4) is 0 Å². The molecular weight excluding hydrogens is 410 g/mol. The molecule has 28 heavy (non-hydrogen) atoms. The van der Waals surface area contributed by atoms with E-state index in [1.54, 1.807) is 41.7 Å². The number of hydrogen-bond acceptors (Lipinski definition) is 4. The summed E-state index contributed by atoms with van der Waals surface area (Å²) in [6.07, 6.45) is 0. The van der Waals surface area contributed by atoms with E-state index in [2.05, 4.69) is 15.6 Å². The highest BCUT2D eigenvalue weighted by Crippen LogP contribution is 2.33. The van der Waals surface area contributed by atoms with Crippen LogP contribution in [0.4, 0.5) is 5.69 Å². The van der Waals surface area contributed by atoms with Crippen LogP contribution in [0.1, 0.15) is 10.4 Å². The lowest BCUT2D eigenvalue weighted by atomic mass is 10.2. The molecule has 1 heterocycles. The first kappa shape index (κ1) is 18.6. The number of carbonyl (C=O) groups is 1. The van der Waals surface area contributed by atoms with Gasteiger partial charge < -0.3 is 5.32 Å². The maximum Gasteiger partial charge on any atom is 0.257 e. The average Bonchev–Trinajstić information content (AvgIpc) is 3.14. The summed E-state index contributed by atoms with van der Waals surface area (Å²) < 4.78 is 1.12. The summed E-state index contributed by atoms with van der Waals surface area (Å²) in [7, 11) is 0. The molecule has 0 aliphatic carbocycles. The monoisotopic (exact) mass is 423 g/mol. The number of anilines is 1. The summed E-state index contributed by atoms with van der Waals surface area (Å²) in [6.45, 7) is 0. The van der Waals surface area contributed by atoms with Crippen LogP contribution in [0.2, 0.25) is 5.02 Å². The number of thiocarbonyl (C=S) groups is 1. The van der Waals surface area contributed by atoms with E-state index < -0.39 is 0 Å². The standard InChI is InChI=1S/C21H14ClN3OS2/c22-15-11-10-14(20-23-16-8-4-5-9-18(16)28-20)12-17(15)24-21(27)25-19(26)13-6-2-1-3-7-13/h1-12H,(H2,24,25,26,27). The number of nitrogens with zero attached hydrogens (tertiary/aromatic N) is 1. The predicted molar refractivity (Wildman–Crippen MR) is 120 cm³/mol. The Morgan fingerprint density at radius 3 is 2.54 bits per heavy atom. The van der Waals surface area contributed by atoms with Crippen LogP contribution in [-0.4, -0.2) is 16.0 Å². The third-order valence-electron chi connectivity index (χ3n) is 4.02. The van der Waals surface area contributed by atoms with Crippen molar-refractivity contribution >= 4 is 62.1 Å². The van der Waals surface area contributed by atoms with Crippen LogP contribution < -0.4 is 10.6 Å². The SMILES string of the molecule is O=C(NC(=S)Nc1cc(-c2nc3ccccc3s2)ccc1Cl)c1ccccc1. The van der Waals surface area contributed by atoms with E-state index in [1.807, 2.05) is 42.5 Å². The van der Waals surface area contributed by atoms with Crippen molar-refractivity contribution in [2.75, 3.05) is 5.32 Å². The van der Waals surface area contributed by atoms with Crippen molar-refractivity contribution in [3.63, 3.8) is 0 Å². The second-order valence-corrected chi connectivity index (χ2v) is 7.80. The largest absolute Gasteiger partial charge is 0.331 e. The highest BCUT2D eigenvalue weighted by Gasteiger charge is 2.12. The van der Waals surface area contributed by atoms with Crippen molar-refractivity contribution in [3.05, 3.63) is 83.4 Å². The minimum atomic E-state index is -0.281. The van der Waals surface area contributed by atoms with Gasteiger partial charge in [-0.15, -0.1) is 11.3 Å². The summed E-state index contributed by atoms with van der Waals surface area (Å²) in [5.41, 5.74) is 3.01. The zero-order chi connectivity index (χ0) is 19.5. The molecule has 0 atom stereocenters. The van der Waals surface area contributed by atoms with E-state index in [0.29, 0.717) is 16.3 Å². The van der Waals surface area contributed by atoms with Gasteiger partial charge in [0.2, 0.25) is 0 Å². The van der Waals surface area contributed by atoms with Crippen molar-refractivity contribution in [1.82, 2.24) is 10.3 Å². The lowest BCUT2D eigenvalue weighted by Gasteiger charge is -2.12. The molecule has 0 unspecified atom stereocenters. The third kappa shape index (κ3) is 4.04. The smallest absolute Gasteiger partial charge is 0.257 e. The van der Waals surface area contributed by atoms with Gasteiger partial charge >= 0.3 is 0 Å². The molecule has 138 valence electrons. The Kier molecular flexibility index (Phi) is 5.34. The predicted octanol–water partition coefficient (Wildman–Crippen LogP) is 5.74. The molecule has 0 radical (unpaired) electrons. The number of nitrogens with one attached hydrogen (secondary N) is 2. The molecule has 4 aromatic rings. The van der Waals surface area contributed by atoms with E-state index in [4.69, 9.17) is 23.8 Å². The highest BCUT2D eigenvalue weighted by atomic mass is 35.5. The Labute approximate surface area is 176 Å². The molecule has 0 saturated heterocycles. The minimum Gasteiger partial charge on any atom is -0.331 e. The molecule has 0 aliphatic rings. The van der Waals surface area contributed by atoms with Crippen LogP contribution in [0.5, 0.6) is 0 Å². The molecule has 4 rings (SSSR count). The maximum atomic E-state index is 12.2. The fourth-order valence-corrected chi connectivity index (χ4v) is 4.00. The van der Waals surface area contributed by atoms with Gasteiger partial charge in [0.25, 0.3) is 5.91 Å². The van der Waals surface area contributed by atoms with Crippen molar-refractivity contribution < 1.29 is 4.79 Å². The fraction of sp³-hybridized carbons (Fsp3) is 0. The van der Waals surface area contributed by atoms with E-state index in [0.717, 1.165) is 20.8 Å². The third-order valence-corrected chi connectivity index (χ3v) is 5.64. The zero-order valence-electron chi connectivity index (χ0n) is 14.5. The number of thiazole rings is 1. The van der Waals surface area contributed by atoms with Crippen LogP contribution in [-0.2, 0) is 0 Å². The first-order valence-corrected chi connectivity index (χ1v) is 10.0. The molecule has 7 heteroatoms. The summed E-state index contributed by atoms with van der Waals surface area (Å²) >= 11 is 13.2. The normalized spacial score (nSPS) is 10.6. The van der Waals surface area contributed by atoms with Gasteiger partial charge in [-0.2, -0.15) is 0 Å². The minimum absolute atomic E-state index is 0.178. The summed E-state index contributed by atoms with van der Waals surface area (Å²) in [5, 5.41) is 7.23. The maximum absolute atomic E-state index is 12.2. The van der Waals surface area contributed by atoms with Gasteiger partial charge in [0.05, 0.1) is 20.9 Å². The molecule has 4 nitrogen and oxygen atoms in total. The van der Waals surface area contributed by atoms with Gasteiger partial charge in [-0.3, -0.25) is 10.1 Å². The van der Waals surface area contributed by atoms with Crippen LogP contribution in [0.25, 0.3) is 20.8 Å². The summed E-state index contributed by atoms with van der Waals surface area (Å²) in [6, 6.07) is 22.4. The van der Waals surface area contributed by atoms with Gasteiger partial charge in [0, 0.05) is 11.1 Å². The number of hydrogen-bond donors (Lipinski definition) is 2. The van der Waals surface area contributed by atoms with E-state index >= 15 is 0 Å². The number of para-hydroxylation sites is 1. The Morgan fingerprint density at radius 1 is 1.00 bits per heavy atom. The number of halogens is 1. The first-order valence-electron chi connectivity index (χ1n) is 8.43. The number of amides is 1. The number of carbonyl (C=O) groups excluding carboxylic acids is 1. The van der Waals surface area contributed by atoms with E-state index in [-0.39, 0.29) is 11.0 Å². The van der Waals surface area contributed by atoms with Crippen LogP contribution in [0, 0.1) is 0 Å². The summed E-state index contributed by atoms with van der Waals surface area (Å²) in [5.74, 6) is -0.281. The molecule has 0 saturated carbocycles. The fourth-order valence-electron chi connectivity index (χ4n) is 2.67. The highest BCUT2D eigenvalue weighted by molar-refractivity contribution is 7.80. The topological polar surface area (TPSA) is 54.0 Å². The molecule has 2 N–H and O–H groups in total. The van der Waals surface area contributed by atoms with Gasteiger partial charge in [-0.25, -0.2) is 4.98 Å². The van der Waals surface area contributed by atoms with Crippen molar-refractivity contribution in [2.45, 2.75) is 0 Å². The van der Waals surface area contributed by atoms with Crippen molar-refractivity contribution in [3.8, 4) is 10.6 Å². The first-order chi connectivity index (χ1) is 13.6. The Balaban J connectivity index is 1.54. The van der Waals surface area contributed by atoms with E-state index in [1.165, 1.54) is 0 Å². The average molecular weight is 424 g/mol. The molecule has 0 bridgehead atoms. The number of aromatic nitrogens is 1. The molecule has 0 aliphatic heterocycles. The lowest BCUT2D eigenvalue weighted by Crippen LogP contribution is -2.34. The zero-order valence-corrected chi connectivity index (χ0v) is 16.9. The molecule has 0 fully saturated rings. The van der Waals surface area contributed by atoms with Gasteiger partial charge in [-0.1, -0.05) is 48.0 Å². The van der Waals surface area contributed by atoms with E-state index in [9.17, 15) is 4.79 Å². The Hall–Kier alpha value is -2.80. The second-order valence-electron chi connectivity index (χ2n) is 5.96. The van der Waals surface area contributed by atoms with Crippen LogP contribution >= 0.6 is 35.2 Å². The second kappa shape index (κ2) is 8.06. The van der Waals surface area contributed by atoms with Crippen molar-refractivity contribution in [1.29, 1.82) is 0 Å². The molecule has 1 aromatic heterocycles. The van der Waals surface area contributed by atoms with Gasteiger partial charge in [0.1, 0.15) is 5.01 Å². The molecule has 0 spiro atoms. The molecule has 1 amide bonds.